The van der Waals surface area contributed by atoms with Crippen LogP contribution in [-0.2, 0) is 4.74 Å². The summed E-state index contributed by atoms with van der Waals surface area (Å²) in [6.45, 7) is 3.31. The summed E-state index contributed by atoms with van der Waals surface area (Å²) in [5.74, 6) is 0. The van der Waals surface area contributed by atoms with Crippen molar-refractivity contribution in [2.75, 3.05) is 0 Å². The van der Waals surface area contributed by atoms with Gasteiger partial charge in [-0.05, 0) is 25.5 Å². The number of ether oxygens (including phenoxy) is 1. The van der Waals surface area contributed by atoms with Crippen molar-refractivity contribution in [3.63, 3.8) is 0 Å². The molecule has 1 heterocycles. The zero-order valence-corrected chi connectivity index (χ0v) is 13.2. The van der Waals surface area contributed by atoms with Crippen molar-refractivity contribution in [1.82, 2.24) is 10.3 Å². The molecule has 1 aromatic heterocycles. The highest BCUT2D eigenvalue weighted by Gasteiger charge is 2.44. The first-order valence-electron chi connectivity index (χ1n) is 7.28. The number of aryl methyl sites for hydroxylation is 1. The van der Waals surface area contributed by atoms with Crippen LogP contribution in [-0.4, -0.2) is 17.3 Å². The Bertz CT molecular complexity index is 672. The van der Waals surface area contributed by atoms with Crippen LogP contribution >= 0.6 is 0 Å². The lowest BCUT2D eigenvalue weighted by atomic mass is 10.1. The van der Waals surface area contributed by atoms with Crippen molar-refractivity contribution < 1.29 is 22.7 Å². The number of alkyl carbamates (subject to hydrolysis) is 1. The summed E-state index contributed by atoms with van der Waals surface area (Å²) in [6, 6.07) is 11.1. The number of nitrogens with zero attached hydrogens (tertiary/aromatic N) is 1. The highest BCUT2D eigenvalue weighted by Crippen LogP contribution is 2.35. The lowest BCUT2D eigenvalue weighted by molar-refractivity contribution is -0.206. The standard InChI is InChI=1S/C17H17F3N2O2/c1-11-8-9-14(10-21-11)15(17(18,19)20)24-16(23)22-12(2)13-6-4-3-5-7-13/h3-10,12,15H,1-2H3,(H,22,23)/t12-,15-/m1/s1. The molecular formula is C17H17F3N2O2. The van der Waals surface area contributed by atoms with Gasteiger partial charge in [0.25, 0.3) is 0 Å². The van der Waals surface area contributed by atoms with Gasteiger partial charge in [-0.1, -0.05) is 36.4 Å². The quantitative estimate of drug-likeness (QED) is 0.894. The maximum atomic E-state index is 13.2. The Kier molecular flexibility index (Phi) is 5.43. The summed E-state index contributed by atoms with van der Waals surface area (Å²) in [5.41, 5.74) is 1.10. The Hall–Kier alpha value is -2.57. The predicted octanol–water partition coefficient (Wildman–Crippen LogP) is 4.48. The number of carbonyl (C=O) groups is 1. The van der Waals surface area contributed by atoms with Gasteiger partial charge >= 0.3 is 12.3 Å². The fraction of sp³-hybridized carbons (Fsp3) is 0.294. The number of alkyl halides is 3. The monoisotopic (exact) mass is 338 g/mol. The van der Waals surface area contributed by atoms with Gasteiger partial charge in [-0.15, -0.1) is 0 Å². The third-order valence-corrected chi connectivity index (χ3v) is 3.39. The molecule has 0 aliphatic carbocycles. The zero-order valence-electron chi connectivity index (χ0n) is 13.2. The van der Waals surface area contributed by atoms with E-state index in [9.17, 15) is 18.0 Å². The lowest BCUT2D eigenvalue weighted by Gasteiger charge is -2.22. The second-order valence-electron chi connectivity index (χ2n) is 5.34. The van der Waals surface area contributed by atoms with Crippen molar-refractivity contribution >= 4 is 6.09 Å². The largest absolute Gasteiger partial charge is 0.432 e. The van der Waals surface area contributed by atoms with E-state index >= 15 is 0 Å². The molecule has 2 atom stereocenters. The normalized spacial score (nSPS) is 13.9. The average molecular weight is 338 g/mol. The highest BCUT2D eigenvalue weighted by atomic mass is 19.4. The number of halogens is 3. The molecule has 0 saturated heterocycles. The third-order valence-electron chi connectivity index (χ3n) is 3.39. The third kappa shape index (κ3) is 4.71. The second kappa shape index (κ2) is 7.33. The average Bonchev–Trinajstić information content (AvgIpc) is 2.53. The maximum Gasteiger partial charge on any atom is 0.429 e. The summed E-state index contributed by atoms with van der Waals surface area (Å²) in [4.78, 5) is 15.7. The number of pyridine rings is 1. The van der Waals surface area contributed by atoms with E-state index in [1.165, 1.54) is 12.1 Å². The highest BCUT2D eigenvalue weighted by molar-refractivity contribution is 5.68. The molecule has 0 saturated carbocycles. The number of benzene rings is 1. The van der Waals surface area contributed by atoms with Crippen LogP contribution in [0.15, 0.2) is 48.7 Å². The molecule has 1 amide bonds. The molecule has 0 radical (unpaired) electrons. The number of rotatable bonds is 4. The molecule has 0 unspecified atom stereocenters. The Morgan fingerprint density at radius 2 is 1.79 bits per heavy atom. The Morgan fingerprint density at radius 3 is 2.33 bits per heavy atom. The molecule has 24 heavy (non-hydrogen) atoms. The van der Waals surface area contributed by atoms with Crippen molar-refractivity contribution in [2.24, 2.45) is 0 Å². The van der Waals surface area contributed by atoms with Gasteiger partial charge in [0.2, 0.25) is 6.10 Å². The topological polar surface area (TPSA) is 51.2 Å². The first-order valence-corrected chi connectivity index (χ1v) is 7.28. The second-order valence-corrected chi connectivity index (χ2v) is 5.34. The van der Waals surface area contributed by atoms with Crippen LogP contribution in [0.25, 0.3) is 0 Å². The SMILES string of the molecule is Cc1ccc([C@@H](OC(=O)N[C@H](C)c2ccccc2)C(F)(F)F)cn1. The fourth-order valence-electron chi connectivity index (χ4n) is 2.10. The van der Waals surface area contributed by atoms with E-state index < -0.39 is 24.4 Å². The van der Waals surface area contributed by atoms with Gasteiger partial charge in [0.05, 0.1) is 6.04 Å². The van der Waals surface area contributed by atoms with Gasteiger partial charge in [0.15, 0.2) is 0 Å². The summed E-state index contributed by atoms with van der Waals surface area (Å²) in [5, 5.41) is 2.40. The number of amides is 1. The van der Waals surface area contributed by atoms with Crippen LogP contribution in [0.1, 0.15) is 35.9 Å². The van der Waals surface area contributed by atoms with Crippen molar-refractivity contribution in [1.29, 1.82) is 0 Å². The summed E-state index contributed by atoms with van der Waals surface area (Å²) in [6.07, 6.45) is -7.19. The first kappa shape index (κ1) is 17.8. The van der Waals surface area contributed by atoms with Crippen LogP contribution < -0.4 is 5.32 Å². The van der Waals surface area contributed by atoms with E-state index in [-0.39, 0.29) is 5.56 Å². The fourth-order valence-corrected chi connectivity index (χ4v) is 2.10. The molecule has 2 rings (SSSR count). The number of nitrogens with one attached hydrogen (secondary N) is 1. The molecule has 0 spiro atoms. The molecule has 0 aliphatic heterocycles. The minimum Gasteiger partial charge on any atom is -0.432 e. The van der Waals surface area contributed by atoms with Crippen LogP contribution in [0.5, 0.6) is 0 Å². The first-order chi connectivity index (χ1) is 11.3. The number of carbonyl (C=O) groups excluding carboxylic acids is 1. The molecule has 0 fully saturated rings. The van der Waals surface area contributed by atoms with Gasteiger partial charge in [-0.2, -0.15) is 13.2 Å². The van der Waals surface area contributed by atoms with Gasteiger partial charge in [-0.25, -0.2) is 4.79 Å². The van der Waals surface area contributed by atoms with Gasteiger partial charge in [0, 0.05) is 17.5 Å². The van der Waals surface area contributed by atoms with Crippen LogP contribution in [0.4, 0.5) is 18.0 Å². The minimum atomic E-state index is -4.73. The molecule has 4 nitrogen and oxygen atoms in total. The minimum absolute atomic E-state index is 0.226. The van der Waals surface area contributed by atoms with Crippen molar-refractivity contribution in [3.8, 4) is 0 Å². The number of hydrogen-bond donors (Lipinski definition) is 1. The lowest BCUT2D eigenvalue weighted by Crippen LogP contribution is -2.33. The van der Waals surface area contributed by atoms with E-state index in [2.05, 4.69) is 15.0 Å². The van der Waals surface area contributed by atoms with Gasteiger partial charge in [0.1, 0.15) is 0 Å². The molecule has 1 aromatic carbocycles. The van der Waals surface area contributed by atoms with Gasteiger partial charge < -0.3 is 10.1 Å². The Balaban J connectivity index is 2.09. The number of hydrogen-bond acceptors (Lipinski definition) is 3. The Morgan fingerprint density at radius 1 is 1.12 bits per heavy atom. The van der Waals surface area contributed by atoms with Crippen molar-refractivity contribution in [2.45, 2.75) is 32.2 Å². The molecule has 2 aromatic rings. The maximum absolute atomic E-state index is 13.2. The molecule has 7 heteroatoms. The van der Waals surface area contributed by atoms with Crippen molar-refractivity contribution in [3.05, 3.63) is 65.5 Å². The van der Waals surface area contributed by atoms with Crippen LogP contribution in [0.3, 0.4) is 0 Å². The van der Waals surface area contributed by atoms with E-state index in [0.29, 0.717) is 5.69 Å². The van der Waals surface area contributed by atoms with E-state index in [0.717, 1.165) is 11.8 Å². The van der Waals surface area contributed by atoms with Gasteiger partial charge in [-0.3, -0.25) is 4.98 Å². The summed E-state index contributed by atoms with van der Waals surface area (Å²) >= 11 is 0. The smallest absolute Gasteiger partial charge is 0.429 e. The number of aromatic nitrogens is 1. The van der Waals surface area contributed by atoms with Crippen LogP contribution in [0, 0.1) is 6.92 Å². The molecule has 128 valence electrons. The Labute approximate surface area is 137 Å². The summed E-state index contributed by atoms with van der Waals surface area (Å²) in [7, 11) is 0. The molecule has 1 N–H and O–H groups in total. The molecular weight excluding hydrogens is 321 g/mol. The van der Waals surface area contributed by atoms with Crippen LogP contribution in [0.2, 0.25) is 0 Å². The van der Waals surface area contributed by atoms with E-state index in [1.54, 1.807) is 44.2 Å². The van der Waals surface area contributed by atoms with E-state index in [1.807, 2.05) is 0 Å². The molecule has 0 aliphatic rings. The predicted molar refractivity (Wildman–Crippen MR) is 82.2 cm³/mol. The zero-order chi connectivity index (χ0) is 17.7. The summed E-state index contributed by atoms with van der Waals surface area (Å²) < 4.78 is 44.2. The molecule has 0 bridgehead atoms. The van der Waals surface area contributed by atoms with E-state index in [4.69, 9.17) is 0 Å².